The molecule has 3 nitrogen and oxygen atoms in total. The van der Waals surface area contributed by atoms with Gasteiger partial charge in [0.2, 0.25) is 0 Å². The standard InChI is InChI=1S/C7H14O3/c1-3-5-4(2)6(8)7(9)10-5/h4-9H,3H2,1-2H3. The van der Waals surface area contributed by atoms with Gasteiger partial charge in [-0.25, -0.2) is 0 Å². The van der Waals surface area contributed by atoms with Crippen molar-refractivity contribution in [1.29, 1.82) is 0 Å². The van der Waals surface area contributed by atoms with E-state index in [1.807, 2.05) is 13.8 Å². The Bertz CT molecular complexity index is 115. The molecule has 0 aromatic heterocycles. The van der Waals surface area contributed by atoms with Crippen molar-refractivity contribution >= 4 is 0 Å². The molecule has 1 fully saturated rings. The summed E-state index contributed by atoms with van der Waals surface area (Å²) >= 11 is 0. The summed E-state index contributed by atoms with van der Waals surface area (Å²) in [5, 5.41) is 18.2. The molecule has 10 heavy (non-hydrogen) atoms. The molecular formula is C7H14O3. The maximum absolute atomic E-state index is 9.19. The first kappa shape index (κ1) is 7.98. The second-order valence-electron chi connectivity index (χ2n) is 2.82. The molecule has 60 valence electrons. The molecular weight excluding hydrogens is 132 g/mol. The van der Waals surface area contributed by atoms with Gasteiger partial charge in [-0.2, -0.15) is 0 Å². The van der Waals surface area contributed by atoms with Crippen LogP contribution in [0.4, 0.5) is 0 Å². The molecule has 1 aliphatic heterocycles. The molecule has 0 amide bonds. The Morgan fingerprint density at radius 1 is 1.40 bits per heavy atom. The Morgan fingerprint density at radius 2 is 2.00 bits per heavy atom. The summed E-state index contributed by atoms with van der Waals surface area (Å²) in [5.74, 6) is 0.0556. The monoisotopic (exact) mass is 146 g/mol. The molecule has 0 aromatic rings. The van der Waals surface area contributed by atoms with Crippen molar-refractivity contribution in [3.05, 3.63) is 0 Å². The number of hydrogen-bond donors (Lipinski definition) is 2. The molecule has 2 N–H and O–H groups in total. The largest absolute Gasteiger partial charge is 0.387 e. The minimum atomic E-state index is -0.972. The van der Waals surface area contributed by atoms with E-state index < -0.39 is 12.4 Å². The molecule has 0 radical (unpaired) electrons. The maximum atomic E-state index is 9.19. The van der Waals surface area contributed by atoms with Crippen molar-refractivity contribution in [2.45, 2.75) is 38.8 Å². The minimum absolute atomic E-state index is 0.0185. The van der Waals surface area contributed by atoms with Crippen LogP contribution in [-0.4, -0.2) is 28.7 Å². The van der Waals surface area contributed by atoms with Crippen LogP contribution in [0.1, 0.15) is 20.3 Å². The normalized spacial score (nSPS) is 48.0. The molecule has 0 aromatic carbocycles. The molecule has 3 heteroatoms. The van der Waals surface area contributed by atoms with Gasteiger partial charge in [0.05, 0.1) is 6.10 Å². The van der Waals surface area contributed by atoms with Gasteiger partial charge in [0, 0.05) is 5.92 Å². The maximum Gasteiger partial charge on any atom is 0.181 e. The van der Waals surface area contributed by atoms with Crippen LogP contribution in [0.25, 0.3) is 0 Å². The molecule has 0 saturated carbocycles. The molecule has 0 spiro atoms. The van der Waals surface area contributed by atoms with Gasteiger partial charge in [-0.15, -0.1) is 0 Å². The van der Waals surface area contributed by atoms with Gasteiger partial charge in [-0.3, -0.25) is 0 Å². The van der Waals surface area contributed by atoms with E-state index >= 15 is 0 Å². The molecule has 1 aliphatic rings. The highest BCUT2D eigenvalue weighted by Gasteiger charge is 2.38. The lowest BCUT2D eigenvalue weighted by atomic mass is 9.99. The highest BCUT2D eigenvalue weighted by molar-refractivity contribution is 4.81. The molecule has 0 bridgehead atoms. The highest BCUT2D eigenvalue weighted by atomic mass is 16.6. The van der Waals surface area contributed by atoms with E-state index in [1.54, 1.807) is 0 Å². The number of aliphatic hydroxyl groups excluding tert-OH is 2. The van der Waals surface area contributed by atoms with Crippen molar-refractivity contribution in [1.82, 2.24) is 0 Å². The Hall–Kier alpha value is -0.120. The molecule has 4 unspecified atom stereocenters. The average Bonchev–Trinajstić information content (AvgIpc) is 2.17. The van der Waals surface area contributed by atoms with Crippen LogP contribution < -0.4 is 0 Å². The zero-order chi connectivity index (χ0) is 7.72. The summed E-state index contributed by atoms with van der Waals surface area (Å²) < 4.78 is 5.04. The summed E-state index contributed by atoms with van der Waals surface area (Å²) in [6, 6.07) is 0. The first-order valence-corrected chi connectivity index (χ1v) is 3.68. The molecule has 1 rings (SSSR count). The quantitative estimate of drug-likeness (QED) is 0.552. The zero-order valence-electron chi connectivity index (χ0n) is 6.32. The molecule has 1 saturated heterocycles. The van der Waals surface area contributed by atoms with E-state index in [0.717, 1.165) is 6.42 Å². The summed E-state index contributed by atoms with van der Waals surface area (Å²) in [7, 11) is 0. The van der Waals surface area contributed by atoms with E-state index in [2.05, 4.69) is 0 Å². The van der Waals surface area contributed by atoms with Crippen molar-refractivity contribution < 1.29 is 14.9 Å². The fourth-order valence-electron chi connectivity index (χ4n) is 1.33. The van der Waals surface area contributed by atoms with Gasteiger partial charge in [0.15, 0.2) is 6.29 Å². The van der Waals surface area contributed by atoms with Crippen molar-refractivity contribution in [2.75, 3.05) is 0 Å². The number of rotatable bonds is 1. The van der Waals surface area contributed by atoms with Crippen molar-refractivity contribution in [2.24, 2.45) is 5.92 Å². The Labute approximate surface area is 60.6 Å². The zero-order valence-corrected chi connectivity index (χ0v) is 6.32. The Morgan fingerprint density at radius 3 is 2.20 bits per heavy atom. The second-order valence-corrected chi connectivity index (χ2v) is 2.82. The smallest absolute Gasteiger partial charge is 0.181 e. The van der Waals surface area contributed by atoms with Gasteiger partial charge >= 0.3 is 0 Å². The van der Waals surface area contributed by atoms with E-state index in [0.29, 0.717) is 0 Å². The van der Waals surface area contributed by atoms with Crippen LogP contribution in [0.5, 0.6) is 0 Å². The number of aliphatic hydroxyl groups is 2. The van der Waals surface area contributed by atoms with Crippen LogP contribution >= 0.6 is 0 Å². The van der Waals surface area contributed by atoms with E-state index in [9.17, 15) is 5.11 Å². The van der Waals surface area contributed by atoms with Crippen LogP contribution in [0.15, 0.2) is 0 Å². The molecule has 0 aliphatic carbocycles. The van der Waals surface area contributed by atoms with Crippen LogP contribution in [0.2, 0.25) is 0 Å². The number of ether oxygens (including phenoxy) is 1. The van der Waals surface area contributed by atoms with Gasteiger partial charge in [-0.05, 0) is 6.42 Å². The van der Waals surface area contributed by atoms with Gasteiger partial charge < -0.3 is 14.9 Å². The first-order chi connectivity index (χ1) is 4.66. The summed E-state index contributed by atoms with van der Waals surface area (Å²) in [6.07, 6.45) is -0.815. The summed E-state index contributed by atoms with van der Waals surface area (Å²) in [4.78, 5) is 0. The van der Waals surface area contributed by atoms with E-state index in [4.69, 9.17) is 9.84 Å². The lowest BCUT2D eigenvalue weighted by Gasteiger charge is -2.11. The highest BCUT2D eigenvalue weighted by Crippen LogP contribution is 2.26. The Kier molecular flexibility index (Phi) is 2.28. The third kappa shape index (κ3) is 1.17. The predicted molar refractivity (Wildman–Crippen MR) is 36.3 cm³/mol. The third-order valence-corrected chi connectivity index (χ3v) is 2.13. The fraction of sp³-hybridized carbons (Fsp3) is 1.00. The first-order valence-electron chi connectivity index (χ1n) is 3.68. The fourth-order valence-corrected chi connectivity index (χ4v) is 1.33. The molecule has 1 heterocycles. The minimum Gasteiger partial charge on any atom is -0.387 e. The topological polar surface area (TPSA) is 49.7 Å². The van der Waals surface area contributed by atoms with Crippen LogP contribution in [0.3, 0.4) is 0 Å². The predicted octanol–water partition coefficient (Wildman–Crippen LogP) is 0.111. The summed E-state index contributed by atoms with van der Waals surface area (Å²) in [6.45, 7) is 3.86. The Balaban J connectivity index is 2.53. The average molecular weight is 146 g/mol. The van der Waals surface area contributed by atoms with Gasteiger partial charge in [0.25, 0.3) is 0 Å². The van der Waals surface area contributed by atoms with E-state index in [1.165, 1.54) is 0 Å². The van der Waals surface area contributed by atoms with Gasteiger partial charge in [0.1, 0.15) is 6.10 Å². The lowest BCUT2D eigenvalue weighted by molar-refractivity contribution is -0.127. The number of hydrogen-bond acceptors (Lipinski definition) is 3. The van der Waals surface area contributed by atoms with Gasteiger partial charge in [-0.1, -0.05) is 13.8 Å². The lowest BCUT2D eigenvalue weighted by Crippen LogP contribution is -2.24. The van der Waals surface area contributed by atoms with E-state index in [-0.39, 0.29) is 12.0 Å². The summed E-state index contributed by atoms with van der Waals surface area (Å²) in [5.41, 5.74) is 0. The van der Waals surface area contributed by atoms with Crippen molar-refractivity contribution in [3.8, 4) is 0 Å². The van der Waals surface area contributed by atoms with Crippen LogP contribution in [0, 0.1) is 5.92 Å². The SMILES string of the molecule is CCC1OC(O)C(O)C1C. The second kappa shape index (κ2) is 2.86. The third-order valence-electron chi connectivity index (χ3n) is 2.13. The van der Waals surface area contributed by atoms with Crippen LogP contribution in [-0.2, 0) is 4.74 Å². The van der Waals surface area contributed by atoms with Crippen molar-refractivity contribution in [3.63, 3.8) is 0 Å². The molecule has 4 atom stereocenters.